The van der Waals surface area contributed by atoms with Crippen LogP contribution in [0.25, 0.3) is 0 Å². The van der Waals surface area contributed by atoms with Crippen molar-refractivity contribution < 1.29 is 24.1 Å². The zero-order chi connectivity index (χ0) is 22.3. The molecule has 2 aromatic carbocycles. The average molecular weight is 417 g/mol. The van der Waals surface area contributed by atoms with E-state index >= 15 is 0 Å². The number of anilines is 2. The van der Waals surface area contributed by atoms with Gasteiger partial charge in [-0.05, 0) is 31.5 Å². The molecule has 2 rings (SSSR count). The summed E-state index contributed by atoms with van der Waals surface area (Å²) in [6.45, 7) is 2.76. The Morgan fingerprint density at radius 2 is 1.77 bits per heavy atom. The fraction of sp³-hybridized carbons (Fsp3) is 0.222. The van der Waals surface area contributed by atoms with Crippen molar-refractivity contribution in [2.24, 2.45) is 5.10 Å². The predicted molar refractivity (Wildman–Crippen MR) is 109 cm³/mol. The number of nitrogens with zero attached hydrogens (tertiary/aromatic N) is 3. The zero-order valence-electron chi connectivity index (χ0n) is 16.2. The Bertz CT molecular complexity index is 989. The molecule has 0 unspecified atom stereocenters. The molecule has 0 amide bonds. The second-order valence-corrected chi connectivity index (χ2v) is 5.88. The van der Waals surface area contributed by atoms with Crippen molar-refractivity contribution in [1.29, 1.82) is 0 Å². The lowest BCUT2D eigenvalue weighted by molar-refractivity contribution is -0.394. The molecular formula is C18H19N5O7. The predicted octanol–water partition coefficient (Wildman–Crippen LogP) is 2.86. The monoisotopic (exact) mass is 417 g/mol. The molecule has 2 aromatic rings. The lowest BCUT2D eigenvalue weighted by Gasteiger charge is -2.09. The molecule has 0 spiro atoms. The third kappa shape index (κ3) is 5.64. The van der Waals surface area contributed by atoms with Gasteiger partial charge in [0.15, 0.2) is 12.4 Å². The van der Waals surface area contributed by atoms with Crippen LogP contribution in [0.3, 0.4) is 0 Å². The molecule has 0 aliphatic carbocycles. The number of carbonyl (C=O) groups is 1. The van der Waals surface area contributed by atoms with Gasteiger partial charge >= 0.3 is 17.3 Å². The minimum atomic E-state index is -0.847. The second-order valence-electron chi connectivity index (χ2n) is 5.88. The maximum absolute atomic E-state index is 11.5. The fourth-order valence-electron chi connectivity index (χ4n) is 2.33. The number of hydrazone groups is 1. The Morgan fingerprint density at radius 1 is 1.13 bits per heavy atom. The van der Waals surface area contributed by atoms with Crippen LogP contribution in [0.15, 0.2) is 41.5 Å². The Balaban J connectivity index is 2.38. The molecule has 30 heavy (non-hydrogen) atoms. The molecule has 0 atom stereocenters. The van der Waals surface area contributed by atoms with Gasteiger partial charge in [-0.15, -0.1) is 0 Å². The molecule has 0 radical (unpaired) electrons. The highest BCUT2D eigenvalue weighted by atomic mass is 16.6. The summed E-state index contributed by atoms with van der Waals surface area (Å²) >= 11 is 0. The molecule has 0 heterocycles. The Labute approximate surface area is 170 Å². The normalized spacial score (nSPS) is 10.9. The first kappa shape index (κ1) is 22.1. The first-order valence-corrected chi connectivity index (χ1v) is 8.64. The summed E-state index contributed by atoms with van der Waals surface area (Å²) in [4.78, 5) is 32.5. The van der Waals surface area contributed by atoms with Crippen molar-refractivity contribution in [2.75, 3.05) is 24.4 Å². The lowest BCUT2D eigenvalue weighted by Crippen LogP contribution is -2.15. The highest BCUT2D eigenvalue weighted by molar-refractivity contribution is 5.99. The third-order valence-corrected chi connectivity index (χ3v) is 3.79. The number of benzene rings is 2. The van der Waals surface area contributed by atoms with Gasteiger partial charge in [0, 0.05) is 11.8 Å². The third-order valence-electron chi connectivity index (χ3n) is 3.79. The number of ether oxygens (including phenoxy) is 2. The molecule has 0 fully saturated rings. The molecular weight excluding hydrogens is 398 g/mol. The van der Waals surface area contributed by atoms with Gasteiger partial charge in [0.2, 0.25) is 0 Å². The van der Waals surface area contributed by atoms with E-state index in [0.717, 1.165) is 12.1 Å². The van der Waals surface area contributed by atoms with E-state index in [1.54, 1.807) is 38.1 Å². The van der Waals surface area contributed by atoms with Gasteiger partial charge < -0.3 is 15.2 Å². The molecule has 0 aliphatic heterocycles. The first-order chi connectivity index (χ1) is 14.2. The minimum Gasteiger partial charge on any atom is -0.475 e. The number of rotatable bonds is 9. The summed E-state index contributed by atoms with van der Waals surface area (Å²) in [6.07, 6.45) is 0. The van der Waals surface area contributed by atoms with Crippen LogP contribution in [0.2, 0.25) is 0 Å². The van der Waals surface area contributed by atoms with Crippen molar-refractivity contribution >= 4 is 34.4 Å². The zero-order valence-corrected chi connectivity index (χ0v) is 16.2. The number of nitrogens with two attached hydrogens (primary N) is 1. The molecule has 0 saturated heterocycles. The number of nitro benzene ring substituents is 2. The van der Waals surface area contributed by atoms with Gasteiger partial charge in [0.1, 0.15) is 11.8 Å². The van der Waals surface area contributed by atoms with E-state index in [-0.39, 0.29) is 18.0 Å². The number of hydrogen-bond donors (Lipinski definition) is 2. The van der Waals surface area contributed by atoms with Crippen molar-refractivity contribution in [1.82, 2.24) is 0 Å². The molecule has 12 heteroatoms. The molecule has 3 N–H and O–H groups in total. The van der Waals surface area contributed by atoms with Gasteiger partial charge in [-0.3, -0.25) is 25.7 Å². The second kappa shape index (κ2) is 9.82. The van der Waals surface area contributed by atoms with Crippen LogP contribution < -0.4 is 15.9 Å². The highest BCUT2D eigenvalue weighted by Crippen LogP contribution is 2.37. The van der Waals surface area contributed by atoms with Crippen LogP contribution in [0.1, 0.15) is 19.4 Å². The number of nitro groups is 2. The summed E-state index contributed by atoms with van der Waals surface area (Å²) in [7, 11) is 0. The van der Waals surface area contributed by atoms with Crippen LogP contribution in [-0.2, 0) is 9.53 Å². The average Bonchev–Trinajstić information content (AvgIpc) is 2.70. The number of esters is 1. The van der Waals surface area contributed by atoms with E-state index < -0.39 is 33.8 Å². The van der Waals surface area contributed by atoms with Crippen molar-refractivity contribution in [3.05, 3.63) is 62.2 Å². The van der Waals surface area contributed by atoms with E-state index in [4.69, 9.17) is 15.2 Å². The van der Waals surface area contributed by atoms with Crippen molar-refractivity contribution in [3.63, 3.8) is 0 Å². The summed E-state index contributed by atoms with van der Waals surface area (Å²) < 4.78 is 9.86. The smallest absolute Gasteiger partial charge is 0.344 e. The van der Waals surface area contributed by atoms with Crippen LogP contribution in [0.4, 0.5) is 22.7 Å². The standard InChI is InChI=1S/C18H19N5O7/c1-3-29-18(24)10-30-17-8-14(15(22(25)26)9-16(17)23(27)28)21-20-11(2)12-4-6-13(19)7-5-12/h4-9,21H,3,10,19H2,1-2H3/b20-11-. The Morgan fingerprint density at radius 3 is 2.33 bits per heavy atom. The Hall–Kier alpha value is -4.22. The number of nitrogens with one attached hydrogen (secondary N) is 1. The van der Waals surface area contributed by atoms with Gasteiger partial charge in [-0.25, -0.2) is 4.79 Å². The van der Waals surface area contributed by atoms with Gasteiger partial charge in [-0.1, -0.05) is 12.1 Å². The number of carbonyl (C=O) groups excluding carboxylic acids is 1. The summed E-state index contributed by atoms with van der Waals surface area (Å²) in [6, 6.07) is 8.54. The van der Waals surface area contributed by atoms with E-state index in [0.29, 0.717) is 17.0 Å². The quantitative estimate of drug-likeness (QED) is 0.204. The molecule has 0 aromatic heterocycles. The maximum Gasteiger partial charge on any atom is 0.344 e. The van der Waals surface area contributed by atoms with E-state index in [1.165, 1.54) is 0 Å². The van der Waals surface area contributed by atoms with Gasteiger partial charge in [-0.2, -0.15) is 5.10 Å². The highest BCUT2D eigenvalue weighted by Gasteiger charge is 2.26. The van der Waals surface area contributed by atoms with Crippen LogP contribution in [-0.4, -0.2) is 34.7 Å². The van der Waals surface area contributed by atoms with Crippen molar-refractivity contribution in [3.8, 4) is 5.75 Å². The van der Waals surface area contributed by atoms with E-state index in [1.807, 2.05) is 0 Å². The van der Waals surface area contributed by atoms with Crippen molar-refractivity contribution in [2.45, 2.75) is 13.8 Å². The SMILES string of the molecule is CCOC(=O)COc1cc(N/N=C(/C)c2ccc(N)cc2)c([N+](=O)[O-])cc1[N+](=O)[O-]. The largest absolute Gasteiger partial charge is 0.475 e. The summed E-state index contributed by atoms with van der Waals surface area (Å²) in [5.41, 5.74) is 8.51. The summed E-state index contributed by atoms with van der Waals surface area (Å²) in [5.74, 6) is -1.08. The van der Waals surface area contributed by atoms with E-state index in [2.05, 4.69) is 10.5 Å². The van der Waals surface area contributed by atoms with Crippen LogP contribution in [0.5, 0.6) is 5.75 Å². The first-order valence-electron chi connectivity index (χ1n) is 8.64. The number of hydrogen-bond acceptors (Lipinski definition) is 10. The summed E-state index contributed by atoms with van der Waals surface area (Å²) in [5, 5.41) is 26.7. The fourth-order valence-corrected chi connectivity index (χ4v) is 2.33. The van der Waals surface area contributed by atoms with Crippen LogP contribution >= 0.6 is 0 Å². The van der Waals surface area contributed by atoms with Gasteiger partial charge in [0.25, 0.3) is 0 Å². The topological polar surface area (TPSA) is 172 Å². The maximum atomic E-state index is 11.5. The molecule has 12 nitrogen and oxygen atoms in total. The minimum absolute atomic E-state index is 0.108. The number of nitrogen functional groups attached to an aromatic ring is 1. The lowest BCUT2D eigenvalue weighted by atomic mass is 10.1. The van der Waals surface area contributed by atoms with Crippen LogP contribution in [0, 0.1) is 20.2 Å². The Kier molecular flexibility index (Phi) is 7.22. The molecule has 0 saturated carbocycles. The molecule has 0 bridgehead atoms. The molecule has 0 aliphatic rings. The van der Waals surface area contributed by atoms with E-state index in [9.17, 15) is 25.0 Å². The van der Waals surface area contributed by atoms with Gasteiger partial charge in [0.05, 0.1) is 22.2 Å². The molecule has 158 valence electrons.